The van der Waals surface area contributed by atoms with Gasteiger partial charge in [0, 0.05) is 26.4 Å². The van der Waals surface area contributed by atoms with Crippen molar-refractivity contribution in [2.45, 2.75) is 32.6 Å². The third-order valence-corrected chi connectivity index (χ3v) is 3.73. The average molecular weight is 209 g/mol. The molecule has 0 aromatic carbocycles. The number of aryl methyl sites for hydroxylation is 1. The van der Waals surface area contributed by atoms with E-state index in [1.54, 1.807) is 6.33 Å². The number of aromatic nitrogens is 2. The maximum Gasteiger partial charge on any atom is 0.129 e. The smallest absolute Gasteiger partial charge is 0.129 e. The third kappa shape index (κ3) is 4.37. The van der Waals surface area contributed by atoms with E-state index in [1.807, 2.05) is 13.0 Å². The van der Waals surface area contributed by atoms with E-state index >= 15 is 0 Å². The Morgan fingerprint density at radius 3 is 2.57 bits per heavy atom. The Morgan fingerprint density at radius 2 is 2.00 bits per heavy atom. The summed E-state index contributed by atoms with van der Waals surface area (Å²) in [5, 5.41) is 3.33. The van der Waals surface area contributed by atoms with Crippen molar-refractivity contribution in [1.82, 2.24) is 9.97 Å². The molecule has 1 rings (SSSR count). The molecule has 0 saturated heterocycles. The van der Waals surface area contributed by atoms with Crippen LogP contribution < -0.4 is 5.32 Å². The van der Waals surface area contributed by atoms with Crippen molar-refractivity contribution in [3.8, 4) is 0 Å². The molecule has 0 atom stereocenters. The van der Waals surface area contributed by atoms with E-state index in [0.29, 0.717) is 0 Å². The molecule has 0 radical (unpaired) electrons. The highest BCUT2D eigenvalue weighted by Crippen LogP contribution is 2.09. The Hall–Kier alpha value is -0.903. The minimum atomic E-state index is -0.931. The molecule has 1 N–H and O–H groups in total. The molecule has 3 nitrogen and oxygen atoms in total. The molecule has 0 aliphatic carbocycles. The summed E-state index contributed by atoms with van der Waals surface area (Å²) in [6, 6.07) is 3.25. The van der Waals surface area contributed by atoms with Crippen molar-refractivity contribution < 1.29 is 0 Å². The fraction of sp³-hybridized carbons (Fsp3) is 0.600. The summed E-state index contributed by atoms with van der Waals surface area (Å²) in [7, 11) is -0.931. The molecule has 78 valence electrons. The molecule has 0 unspecified atom stereocenters. The molecule has 1 heterocycles. The Bertz CT molecular complexity index is 294. The summed E-state index contributed by atoms with van der Waals surface area (Å²) < 4.78 is 0. The van der Waals surface area contributed by atoms with Crippen LogP contribution in [0.2, 0.25) is 25.7 Å². The zero-order chi connectivity index (χ0) is 10.6. The second kappa shape index (κ2) is 4.55. The molecule has 0 fully saturated rings. The number of nitrogens with one attached hydrogen (secondary N) is 1. The maximum atomic E-state index is 4.15. The minimum absolute atomic E-state index is 0.931. The summed E-state index contributed by atoms with van der Waals surface area (Å²) in [4.78, 5) is 8.21. The first-order valence-electron chi connectivity index (χ1n) is 5.00. The fourth-order valence-electron chi connectivity index (χ4n) is 1.12. The topological polar surface area (TPSA) is 37.8 Å². The zero-order valence-corrected chi connectivity index (χ0v) is 10.5. The SMILES string of the molecule is Cc1cc(NCC[Si](C)(C)C)ncn1. The van der Waals surface area contributed by atoms with E-state index < -0.39 is 8.07 Å². The van der Waals surface area contributed by atoms with Gasteiger partial charge >= 0.3 is 0 Å². The van der Waals surface area contributed by atoms with E-state index in [0.717, 1.165) is 18.1 Å². The Kier molecular flexibility index (Phi) is 3.63. The van der Waals surface area contributed by atoms with Gasteiger partial charge in [0.25, 0.3) is 0 Å². The van der Waals surface area contributed by atoms with Gasteiger partial charge in [-0.3, -0.25) is 0 Å². The largest absolute Gasteiger partial charge is 0.370 e. The number of anilines is 1. The number of hydrogen-bond donors (Lipinski definition) is 1. The van der Waals surface area contributed by atoms with Gasteiger partial charge in [0.2, 0.25) is 0 Å². The highest BCUT2D eigenvalue weighted by atomic mass is 28.3. The van der Waals surface area contributed by atoms with Gasteiger partial charge in [-0.2, -0.15) is 0 Å². The lowest BCUT2D eigenvalue weighted by Gasteiger charge is -2.15. The molecule has 0 amide bonds. The molecular weight excluding hydrogens is 190 g/mol. The zero-order valence-electron chi connectivity index (χ0n) is 9.46. The van der Waals surface area contributed by atoms with Crippen molar-refractivity contribution in [2.24, 2.45) is 0 Å². The summed E-state index contributed by atoms with van der Waals surface area (Å²) >= 11 is 0. The van der Waals surface area contributed by atoms with Gasteiger partial charge < -0.3 is 5.32 Å². The van der Waals surface area contributed by atoms with Gasteiger partial charge in [0.15, 0.2) is 0 Å². The molecule has 0 saturated carbocycles. The van der Waals surface area contributed by atoms with Crippen LogP contribution >= 0.6 is 0 Å². The van der Waals surface area contributed by atoms with Gasteiger partial charge in [0.05, 0.1) is 0 Å². The van der Waals surface area contributed by atoms with Crippen molar-refractivity contribution in [2.75, 3.05) is 11.9 Å². The van der Waals surface area contributed by atoms with Crippen molar-refractivity contribution in [1.29, 1.82) is 0 Å². The lowest BCUT2D eigenvalue weighted by atomic mass is 10.4. The van der Waals surface area contributed by atoms with E-state index in [1.165, 1.54) is 6.04 Å². The first-order chi connectivity index (χ1) is 6.47. The third-order valence-electron chi connectivity index (χ3n) is 1.98. The first kappa shape index (κ1) is 11.2. The highest BCUT2D eigenvalue weighted by molar-refractivity contribution is 6.76. The van der Waals surface area contributed by atoms with Crippen LogP contribution in [0, 0.1) is 6.92 Å². The molecule has 0 spiro atoms. The van der Waals surface area contributed by atoms with Crippen LogP contribution in [-0.4, -0.2) is 24.6 Å². The second-order valence-corrected chi connectivity index (χ2v) is 10.4. The lowest BCUT2D eigenvalue weighted by molar-refractivity contribution is 1.06. The molecule has 1 aromatic rings. The van der Waals surface area contributed by atoms with Gasteiger partial charge in [0.1, 0.15) is 12.1 Å². The Morgan fingerprint density at radius 1 is 1.29 bits per heavy atom. The predicted molar refractivity (Wildman–Crippen MR) is 63.4 cm³/mol. The Labute approximate surface area is 87.0 Å². The van der Waals surface area contributed by atoms with Crippen LogP contribution in [-0.2, 0) is 0 Å². The average Bonchev–Trinajstić information content (AvgIpc) is 2.01. The van der Waals surface area contributed by atoms with Crippen molar-refractivity contribution in [3.63, 3.8) is 0 Å². The van der Waals surface area contributed by atoms with Crippen LogP contribution in [0.4, 0.5) is 5.82 Å². The summed E-state index contributed by atoms with van der Waals surface area (Å²) in [5.74, 6) is 0.941. The molecule has 0 aliphatic heterocycles. The number of hydrogen-bond acceptors (Lipinski definition) is 3. The summed E-state index contributed by atoms with van der Waals surface area (Å²) in [5.41, 5.74) is 1.01. The van der Waals surface area contributed by atoms with E-state index in [2.05, 4.69) is 34.9 Å². The second-order valence-electron chi connectivity index (χ2n) is 4.78. The van der Waals surface area contributed by atoms with Crippen molar-refractivity contribution >= 4 is 13.9 Å². The lowest BCUT2D eigenvalue weighted by Crippen LogP contribution is -2.23. The van der Waals surface area contributed by atoms with E-state index in [9.17, 15) is 0 Å². The summed E-state index contributed by atoms with van der Waals surface area (Å²) in [6.07, 6.45) is 1.60. The van der Waals surface area contributed by atoms with Crippen LogP contribution in [0.1, 0.15) is 5.69 Å². The monoisotopic (exact) mass is 209 g/mol. The molecule has 0 bridgehead atoms. The number of rotatable bonds is 4. The molecule has 14 heavy (non-hydrogen) atoms. The Balaban J connectivity index is 2.39. The normalized spacial score (nSPS) is 11.4. The first-order valence-corrected chi connectivity index (χ1v) is 8.71. The van der Waals surface area contributed by atoms with E-state index in [-0.39, 0.29) is 0 Å². The van der Waals surface area contributed by atoms with Crippen LogP contribution in [0.25, 0.3) is 0 Å². The number of nitrogens with zero attached hydrogens (tertiary/aromatic N) is 2. The van der Waals surface area contributed by atoms with Gasteiger partial charge in [-0.15, -0.1) is 0 Å². The van der Waals surface area contributed by atoms with Gasteiger partial charge in [-0.05, 0) is 13.0 Å². The predicted octanol–water partition coefficient (Wildman–Crippen LogP) is 2.54. The fourth-order valence-corrected chi connectivity index (χ4v) is 1.99. The van der Waals surface area contributed by atoms with E-state index in [4.69, 9.17) is 0 Å². The maximum absolute atomic E-state index is 4.15. The standard InChI is InChI=1S/C10H19N3Si/c1-9-7-10(13-8-12-9)11-5-6-14(2,3)4/h7-8H,5-6H2,1-4H3,(H,11,12,13). The van der Waals surface area contributed by atoms with Crippen LogP contribution in [0.3, 0.4) is 0 Å². The molecule has 4 heteroatoms. The van der Waals surface area contributed by atoms with Crippen molar-refractivity contribution in [3.05, 3.63) is 18.1 Å². The minimum Gasteiger partial charge on any atom is -0.370 e. The quantitative estimate of drug-likeness (QED) is 0.774. The highest BCUT2D eigenvalue weighted by Gasteiger charge is 2.11. The van der Waals surface area contributed by atoms with Gasteiger partial charge in [-0.25, -0.2) is 9.97 Å². The van der Waals surface area contributed by atoms with Gasteiger partial charge in [-0.1, -0.05) is 19.6 Å². The molecule has 1 aromatic heterocycles. The summed E-state index contributed by atoms with van der Waals surface area (Å²) in [6.45, 7) is 10.1. The molecular formula is C10H19N3Si. The van der Waals surface area contributed by atoms with Crippen LogP contribution in [0.15, 0.2) is 12.4 Å². The van der Waals surface area contributed by atoms with Crippen LogP contribution in [0.5, 0.6) is 0 Å². The molecule has 0 aliphatic rings.